The SMILES string of the molecule is Cc1cc(N(C)C2CCCCC2Cl)n2ncnc2c1. The first kappa shape index (κ1) is 12.7. The van der Waals surface area contributed by atoms with Crippen LogP contribution in [0.2, 0.25) is 0 Å². The maximum Gasteiger partial charge on any atom is 0.157 e. The van der Waals surface area contributed by atoms with Crippen molar-refractivity contribution >= 4 is 23.1 Å². The third kappa shape index (κ3) is 2.29. The number of halogens is 1. The average Bonchev–Trinajstić information content (AvgIpc) is 2.85. The van der Waals surface area contributed by atoms with Crippen molar-refractivity contribution in [3.63, 3.8) is 0 Å². The minimum absolute atomic E-state index is 0.220. The Labute approximate surface area is 118 Å². The molecule has 0 spiro atoms. The molecule has 2 aromatic rings. The summed E-state index contributed by atoms with van der Waals surface area (Å²) >= 11 is 6.51. The summed E-state index contributed by atoms with van der Waals surface area (Å²) in [5.74, 6) is 1.07. The molecular weight excluding hydrogens is 260 g/mol. The molecule has 0 bridgehead atoms. The lowest BCUT2D eigenvalue weighted by molar-refractivity contribution is 0.431. The fourth-order valence-corrected chi connectivity index (χ4v) is 3.41. The van der Waals surface area contributed by atoms with Crippen molar-refractivity contribution < 1.29 is 0 Å². The predicted octanol–water partition coefficient (Wildman–Crippen LogP) is 3.02. The van der Waals surface area contributed by atoms with Crippen LogP contribution in [0.1, 0.15) is 31.2 Å². The Balaban J connectivity index is 2.00. The molecule has 0 amide bonds. The second-order valence-corrected chi connectivity index (χ2v) is 5.96. The molecule has 1 fully saturated rings. The van der Waals surface area contributed by atoms with E-state index in [2.05, 4.69) is 35.0 Å². The molecule has 0 radical (unpaired) electrons. The van der Waals surface area contributed by atoms with Crippen molar-refractivity contribution in [3.8, 4) is 0 Å². The van der Waals surface area contributed by atoms with Gasteiger partial charge in [0.1, 0.15) is 12.1 Å². The third-order valence-electron chi connectivity index (χ3n) is 4.01. The van der Waals surface area contributed by atoms with E-state index in [-0.39, 0.29) is 5.38 Å². The largest absolute Gasteiger partial charge is 0.355 e. The number of rotatable bonds is 2. The van der Waals surface area contributed by atoms with E-state index >= 15 is 0 Å². The van der Waals surface area contributed by atoms with Gasteiger partial charge in [-0.1, -0.05) is 12.8 Å². The Morgan fingerprint density at radius 2 is 2.11 bits per heavy atom. The highest BCUT2D eigenvalue weighted by Gasteiger charge is 2.28. The molecule has 0 aromatic carbocycles. The van der Waals surface area contributed by atoms with Crippen LogP contribution in [0.15, 0.2) is 18.5 Å². The first-order valence-corrected chi connectivity index (χ1v) is 7.28. The molecule has 3 rings (SSSR count). The number of alkyl halides is 1. The maximum atomic E-state index is 6.51. The molecule has 1 aliphatic rings. The second kappa shape index (κ2) is 5.00. The zero-order valence-electron chi connectivity index (χ0n) is 11.4. The predicted molar refractivity (Wildman–Crippen MR) is 78.0 cm³/mol. The molecular formula is C14H19ClN4. The van der Waals surface area contributed by atoms with Crippen LogP contribution in [-0.2, 0) is 0 Å². The van der Waals surface area contributed by atoms with E-state index in [0.29, 0.717) is 6.04 Å². The minimum Gasteiger partial charge on any atom is -0.355 e. The van der Waals surface area contributed by atoms with E-state index in [9.17, 15) is 0 Å². The Bertz CT molecular complexity index is 580. The van der Waals surface area contributed by atoms with Crippen molar-refractivity contribution in [1.29, 1.82) is 0 Å². The van der Waals surface area contributed by atoms with E-state index in [1.54, 1.807) is 6.33 Å². The Hall–Kier alpha value is -1.29. The van der Waals surface area contributed by atoms with Crippen molar-refractivity contribution in [1.82, 2.24) is 14.6 Å². The van der Waals surface area contributed by atoms with Gasteiger partial charge in [0.2, 0.25) is 0 Å². The molecule has 0 aliphatic heterocycles. The summed E-state index contributed by atoms with van der Waals surface area (Å²) in [5, 5.41) is 4.54. The summed E-state index contributed by atoms with van der Waals surface area (Å²) in [7, 11) is 2.11. The van der Waals surface area contributed by atoms with Crippen LogP contribution in [0.4, 0.5) is 5.82 Å². The van der Waals surface area contributed by atoms with Gasteiger partial charge in [0.15, 0.2) is 5.65 Å². The monoisotopic (exact) mass is 278 g/mol. The number of fused-ring (bicyclic) bond motifs is 1. The lowest BCUT2D eigenvalue weighted by Crippen LogP contribution is -2.41. The van der Waals surface area contributed by atoms with E-state index in [1.165, 1.54) is 18.4 Å². The van der Waals surface area contributed by atoms with Crippen LogP contribution in [0, 0.1) is 6.92 Å². The lowest BCUT2D eigenvalue weighted by Gasteiger charge is -2.36. The zero-order chi connectivity index (χ0) is 13.4. The van der Waals surface area contributed by atoms with Crippen LogP contribution in [-0.4, -0.2) is 33.1 Å². The number of aryl methyl sites for hydroxylation is 1. The third-order valence-corrected chi connectivity index (χ3v) is 4.52. The molecule has 2 heterocycles. The van der Waals surface area contributed by atoms with Crippen LogP contribution in [0.25, 0.3) is 5.65 Å². The van der Waals surface area contributed by atoms with Gasteiger partial charge in [-0.3, -0.25) is 0 Å². The molecule has 1 saturated carbocycles. The fourth-order valence-electron chi connectivity index (χ4n) is 2.96. The first-order valence-electron chi connectivity index (χ1n) is 6.84. The highest BCUT2D eigenvalue weighted by Crippen LogP contribution is 2.30. The quantitative estimate of drug-likeness (QED) is 0.792. The van der Waals surface area contributed by atoms with Crippen LogP contribution >= 0.6 is 11.6 Å². The summed E-state index contributed by atoms with van der Waals surface area (Å²) in [6, 6.07) is 4.58. The van der Waals surface area contributed by atoms with Crippen LogP contribution < -0.4 is 4.90 Å². The van der Waals surface area contributed by atoms with Crippen molar-refractivity contribution in [2.24, 2.45) is 0 Å². The molecule has 5 heteroatoms. The molecule has 0 saturated heterocycles. The molecule has 4 nitrogen and oxygen atoms in total. The van der Waals surface area contributed by atoms with Gasteiger partial charge in [-0.05, 0) is 37.5 Å². The van der Waals surface area contributed by atoms with Gasteiger partial charge in [0.05, 0.1) is 5.38 Å². The highest BCUT2D eigenvalue weighted by molar-refractivity contribution is 6.21. The molecule has 102 valence electrons. The van der Waals surface area contributed by atoms with Gasteiger partial charge in [0.25, 0.3) is 0 Å². The van der Waals surface area contributed by atoms with Crippen LogP contribution in [0.3, 0.4) is 0 Å². The topological polar surface area (TPSA) is 33.4 Å². The van der Waals surface area contributed by atoms with E-state index in [1.807, 2.05) is 10.6 Å². The summed E-state index contributed by atoms with van der Waals surface area (Å²) in [4.78, 5) is 6.55. The lowest BCUT2D eigenvalue weighted by atomic mass is 9.94. The second-order valence-electron chi connectivity index (χ2n) is 5.40. The van der Waals surface area contributed by atoms with E-state index in [4.69, 9.17) is 11.6 Å². The van der Waals surface area contributed by atoms with E-state index in [0.717, 1.165) is 24.3 Å². The van der Waals surface area contributed by atoms with Gasteiger partial charge in [-0.2, -0.15) is 9.61 Å². The maximum absolute atomic E-state index is 6.51. The molecule has 1 aliphatic carbocycles. The molecule has 0 N–H and O–H groups in total. The summed E-state index contributed by atoms with van der Waals surface area (Å²) in [6.07, 6.45) is 6.35. The smallest absolute Gasteiger partial charge is 0.157 e. The number of aromatic nitrogens is 3. The Kier molecular flexibility index (Phi) is 3.35. The van der Waals surface area contributed by atoms with Crippen molar-refractivity contribution in [2.75, 3.05) is 11.9 Å². The molecule has 2 aromatic heterocycles. The molecule has 2 unspecified atom stereocenters. The fraction of sp³-hybridized carbons (Fsp3) is 0.571. The standard InChI is InChI=1S/C14H19ClN4/c1-10-7-13-16-9-17-19(13)14(8-10)18(2)12-6-4-3-5-11(12)15/h7-9,11-12H,3-6H2,1-2H3. The summed E-state index contributed by atoms with van der Waals surface area (Å²) in [6.45, 7) is 2.09. The van der Waals surface area contributed by atoms with Gasteiger partial charge in [0, 0.05) is 13.1 Å². The van der Waals surface area contributed by atoms with Gasteiger partial charge < -0.3 is 4.90 Å². The van der Waals surface area contributed by atoms with Gasteiger partial charge >= 0.3 is 0 Å². The van der Waals surface area contributed by atoms with Gasteiger partial charge in [-0.15, -0.1) is 11.6 Å². The summed E-state index contributed by atoms with van der Waals surface area (Å²) < 4.78 is 1.89. The molecule has 2 atom stereocenters. The number of anilines is 1. The van der Waals surface area contributed by atoms with Crippen LogP contribution in [0.5, 0.6) is 0 Å². The van der Waals surface area contributed by atoms with E-state index < -0.39 is 0 Å². The average molecular weight is 279 g/mol. The number of hydrogen-bond acceptors (Lipinski definition) is 3. The first-order chi connectivity index (χ1) is 9.16. The van der Waals surface area contributed by atoms with Crippen molar-refractivity contribution in [2.45, 2.75) is 44.0 Å². The van der Waals surface area contributed by atoms with Gasteiger partial charge in [-0.25, -0.2) is 4.98 Å². The Morgan fingerprint density at radius 1 is 1.32 bits per heavy atom. The normalized spacial score (nSPS) is 23.7. The number of hydrogen-bond donors (Lipinski definition) is 0. The Morgan fingerprint density at radius 3 is 2.89 bits per heavy atom. The zero-order valence-corrected chi connectivity index (χ0v) is 12.1. The number of pyridine rings is 1. The molecule has 19 heavy (non-hydrogen) atoms. The van der Waals surface area contributed by atoms with Crippen molar-refractivity contribution in [3.05, 3.63) is 24.0 Å². The number of nitrogens with zero attached hydrogens (tertiary/aromatic N) is 4. The highest BCUT2D eigenvalue weighted by atomic mass is 35.5. The minimum atomic E-state index is 0.220. The summed E-state index contributed by atoms with van der Waals surface area (Å²) in [5.41, 5.74) is 2.09.